The van der Waals surface area contributed by atoms with Crippen molar-refractivity contribution in [3.05, 3.63) is 0 Å². The first-order chi connectivity index (χ1) is 9.50. The molecule has 0 heterocycles. The fourth-order valence-corrected chi connectivity index (χ4v) is 2.33. The van der Waals surface area contributed by atoms with Gasteiger partial charge < -0.3 is 9.84 Å². The maximum absolute atomic E-state index is 12.3. The van der Waals surface area contributed by atoms with Crippen molar-refractivity contribution in [1.29, 1.82) is 0 Å². The van der Waals surface area contributed by atoms with Crippen molar-refractivity contribution in [2.75, 3.05) is 6.61 Å². The Morgan fingerprint density at radius 3 is 1.95 bits per heavy atom. The summed E-state index contributed by atoms with van der Waals surface area (Å²) in [6, 6.07) is 0. The van der Waals surface area contributed by atoms with E-state index < -0.39 is 30.5 Å². The van der Waals surface area contributed by atoms with Gasteiger partial charge in [0.1, 0.15) is 0 Å². The molecule has 0 aliphatic heterocycles. The third-order valence-electron chi connectivity index (χ3n) is 3.58. The monoisotopic (exact) mass is 322 g/mol. The standard InChI is InChI=1S/C12H16F6O3/c13-11(14,15)10(20,12(16,17)18)9(19)21-7-3-6-8-4-1-2-5-8/h8,20H,1-7H2. The summed E-state index contributed by atoms with van der Waals surface area (Å²) in [5.41, 5.74) is -5.48. The third kappa shape index (κ3) is 4.02. The summed E-state index contributed by atoms with van der Waals surface area (Å²) in [5.74, 6) is -2.36. The van der Waals surface area contributed by atoms with Crippen LogP contribution in [0.4, 0.5) is 26.3 Å². The number of carbonyl (C=O) groups is 1. The minimum atomic E-state index is -6.19. The van der Waals surface area contributed by atoms with Gasteiger partial charge in [-0.05, 0) is 18.8 Å². The first kappa shape index (κ1) is 18.1. The molecule has 3 nitrogen and oxygen atoms in total. The number of rotatable bonds is 5. The van der Waals surface area contributed by atoms with Gasteiger partial charge in [0.15, 0.2) is 0 Å². The highest BCUT2D eigenvalue weighted by atomic mass is 19.4. The third-order valence-corrected chi connectivity index (χ3v) is 3.58. The van der Waals surface area contributed by atoms with Crippen molar-refractivity contribution >= 4 is 5.97 Å². The van der Waals surface area contributed by atoms with Crippen molar-refractivity contribution in [2.24, 2.45) is 5.92 Å². The predicted octanol–water partition coefficient (Wildman–Crippen LogP) is 3.36. The average Bonchev–Trinajstić information content (AvgIpc) is 2.83. The van der Waals surface area contributed by atoms with Gasteiger partial charge in [-0.25, -0.2) is 4.79 Å². The summed E-state index contributed by atoms with van der Waals surface area (Å²) >= 11 is 0. The lowest BCUT2D eigenvalue weighted by molar-refractivity contribution is -0.356. The van der Waals surface area contributed by atoms with Crippen LogP contribution in [-0.4, -0.2) is 35.6 Å². The Morgan fingerprint density at radius 1 is 1.05 bits per heavy atom. The van der Waals surface area contributed by atoms with Crippen molar-refractivity contribution < 1.29 is 41.0 Å². The molecule has 0 saturated heterocycles. The second-order valence-electron chi connectivity index (χ2n) is 5.13. The molecule has 0 bridgehead atoms. The fraction of sp³-hybridized carbons (Fsp3) is 0.917. The highest BCUT2D eigenvalue weighted by molar-refractivity contribution is 5.81. The zero-order valence-corrected chi connectivity index (χ0v) is 11.1. The fourth-order valence-electron chi connectivity index (χ4n) is 2.33. The molecule has 0 amide bonds. The molecule has 0 aromatic rings. The summed E-state index contributed by atoms with van der Waals surface area (Å²) in [7, 11) is 0. The van der Waals surface area contributed by atoms with E-state index in [-0.39, 0.29) is 6.42 Å². The van der Waals surface area contributed by atoms with Crippen LogP contribution >= 0.6 is 0 Å². The number of hydrogen-bond acceptors (Lipinski definition) is 3. The second kappa shape index (κ2) is 6.41. The Bertz CT molecular complexity index is 343. The van der Waals surface area contributed by atoms with Crippen molar-refractivity contribution in [3.63, 3.8) is 0 Å². The first-order valence-corrected chi connectivity index (χ1v) is 6.53. The van der Waals surface area contributed by atoms with Crippen LogP contribution in [-0.2, 0) is 9.53 Å². The number of aliphatic hydroxyl groups is 1. The molecule has 0 atom stereocenters. The Hall–Kier alpha value is -0.990. The van der Waals surface area contributed by atoms with Gasteiger partial charge in [0, 0.05) is 0 Å². The van der Waals surface area contributed by atoms with E-state index in [4.69, 9.17) is 5.11 Å². The van der Waals surface area contributed by atoms with Crippen LogP contribution in [0.3, 0.4) is 0 Å². The molecule has 1 N–H and O–H groups in total. The highest BCUT2D eigenvalue weighted by Gasteiger charge is 2.76. The molecular formula is C12H16F6O3. The lowest BCUT2D eigenvalue weighted by Crippen LogP contribution is -2.63. The van der Waals surface area contributed by atoms with E-state index in [9.17, 15) is 31.1 Å². The normalized spacial score (nSPS) is 18.0. The molecule has 9 heteroatoms. The summed E-state index contributed by atoms with van der Waals surface area (Å²) in [6.45, 7) is -0.580. The Balaban J connectivity index is 2.54. The van der Waals surface area contributed by atoms with Crippen molar-refractivity contribution in [1.82, 2.24) is 0 Å². The summed E-state index contributed by atoms with van der Waals surface area (Å²) in [6.07, 6.45) is -7.61. The van der Waals surface area contributed by atoms with Crippen LogP contribution in [0.5, 0.6) is 0 Å². The second-order valence-corrected chi connectivity index (χ2v) is 5.13. The molecule has 1 rings (SSSR count). The lowest BCUT2D eigenvalue weighted by Gasteiger charge is -2.29. The number of halogens is 6. The number of carbonyl (C=O) groups excluding carboxylic acids is 1. The van der Waals surface area contributed by atoms with Gasteiger partial charge >= 0.3 is 23.9 Å². The molecule has 0 aromatic heterocycles. The number of esters is 1. The molecule has 0 aromatic carbocycles. The smallest absolute Gasteiger partial charge is 0.437 e. The van der Waals surface area contributed by atoms with Gasteiger partial charge in [-0.3, -0.25) is 0 Å². The molecule has 124 valence electrons. The van der Waals surface area contributed by atoms with Crippen LogP contribution in [0.25, 0.3) is 0 Å². The lowest BCUT2D eigenvalue weighted by atomic mass is 10.0. The minimum absolute atomic E-state index is 0.169. The molecule has 1 saturated carbocycles. The van der Waals surface area contributed by atoms with Gasteiger partial charge in [-0.1, -0.05) is 25.7 Å². The Morgan fingerprint density at radius 2 is 1.52 bits per heavy atom. The molecule has 1 aliphatic carbocycles. The molecule has 0 spiro atoms. The first-order valence-electron chi connectivity index (χ1n) is 6.53. The maximum Gasteiger partial charge on any atom is 0.437 e. The zero-order chi connectivity index (χ0) is 16.3. The van der Waals surface area contributed by atoms with Gasteiger partial charge in [0.25, 0.3) is 0 Å². The van der Waals surface area contributed by atoms with E-state index in [1.54, 1.807) is 0 Å². The molecule has 1 fully saturated rings. The molecule has 0 unspecified atom stereocenters. The van der Waals surface area contributed by atoms with Crippen LogP contribution in [0.1, 0.15) is 38.5 Å². The van der Waals surface area contributed by atoms with Gasteiger partial charge in [0.05, 0.1) is 6.61 Å². The van der Waals surface area contributed by atoms with Crippen molar-refractivity contribution in [2.45, 2.75) is 56.5 Å². The summed E-state index contributed by atoms with van der Waals surface area (Å²) < 4.78 is 78.0. The van der Waals surface area contributed by atoms with Gasteiger partial charge in [0.2, 0.25) is 0 Å². The van der Waals surface area contributed by atoms with Crippen LogP contribution in [0.15, 0.2) is 0 Å². The van der Waals surface area contributed by atoms with E-state index in [0.29, 0.717) is 12.3 Å². The van der Waals surface area contributed by atoms with E-state index >= 15 is 0 Å². The number of ether oxygens (including phenoxy) is 1. The molecule has 21 heavy (non-hydrogen) atoms. The minimum Gasteiger partial charge on any atom is -0.463 e. The van der Waals surface area contributed by atoms with Crippen LogP contribution < -0.4 is 0 Å². The number of alkyl halides is 6. The highest BCUT2D eigenvalue weighted by Crippen LogP contribution is 2.43. The quantitative estimate of drug-likeness (QED) is 0.480. The van der Waals surface area contributed by atoms with Crippen LogP contribution in [0, 0.1) is 5.92 Å². The average molecular weight is 322 g/mol. The summed E-state index contributed by atoms with van der Waals surface area (Å²) in [4.78, 5) is 11.0. The zero-order valence-electron chi connectivity index (χ0n) is 11.1. The summed E-state index contributed by atoms with van der Waals surface area (Å²) in [5, 5.41) is 8.74. The van der Waals surface area contributed by atoms with Crippen molar-refractivity contribution in [3.8, 4) is 0 Å². The van der Waals surface area contributed by atoms with Gasteiger partial charge in [-0.15, -0.1) is 0 Å². The van der Waals surface area contributed by atoms with Crippen LogP contribution in [0.2, 0.25) is 0 Å². The van der Waals surface area contributed by atoms with Gasteiger partial charge in [-0.2, -0.15) is 26.3 Å². The van der Waals surface area contributed by atoms with E-state index in [0.717, 1.165) is 25.7 Å². The van der Waals surface area contributed by atoms with E-state index in [1.807, 2.05) is 0 Å². The van der Waals surface area contributed by atoms with E-state index in [1.165, 1.54) is 0 Å². The SMILES string of the molecule is O=C(OCCCC1CCCC1)C(O)(C(F)(F)F)C(F)(F)F. The van der Waals surface area contributed by atoms with E-state index in [2.05, 4.69) is 4.74 Å². The Kier molecular flexibility index (Phi) is 5.51. The predicted molar refractivity (Wildman–Crippen MR) is 59.2 cm³/mol. The number of hydrogen-bond donors (Lipinski definition) is 1. The Labute approximate surface area is 117 Å². The molecule has 0 radical (unpaired) electrons. The topological polar surface area (TPSA) is 46.5 Å². The molecular weight excluding hydrogens is 306 g/mol. The largest absolute Gasteiger partial charge is 0.463 e. The maximum atomic E-state index is 12.3. The molecule has 1 aliphatic rings.